The summed E-state index contributed by atoms with van der Waals surface area (Å²) in [7, 11) is 1.22. The highest BCUT2D eigenvalue weighted by Gasteiger charge is 2.10. The normalized spacial score (nSPS) is 10.5. The van der Waals surface area contributed by atoms with Crippen LogP contribution in [-0.4, -0.2) is 18.4 Å². The molecule has 1 aromatic heterocycles. The summed E-state index contributed by atoms with van der Waals surface area (Å²) >= 11 is 0. The van der Waals surface area contributed by atoms with E-state index in [1.807, 2.05) is 0 Å². The van der Waals surface area contributed by atoms with E-state index in [9.17, 15) is 8.42 Å². The Morgan fingerprint density at radius 1 is 1.60 bits per heavy atom. The highest BCUT2D eigenvalue weighted by Crippen LogP contribution is 2.06. The topological polar surface area (TPSA) is 62.8 Å². The van der Waals surface area contributed by atoms with E-state index < -0.39 is 9.05 Å². The van der Waals surface area contributed by atoms with E-state index in [1.54, 1.807) is 0 Å². The molecule has 0 aliphatic carbocycles. The summed E-state index contributed by atoms with van der Waals surface area (Å²) in [6, 6.07) is 0. The predicted octanol–water partition coefficient (Wildman–Crippen LogP) is 0.759. The van der Waals surface area contributed by atoms with Crippen molar-refractivity contribution in [1.82, 2.24) is 9.97 Å². The molecule has 0 amide bonds. The standard InChI is InChI=1S/C3H3ClN2O2S.ClH/c4-9(7,8)3-5-1-2-6-3;/h1-2H,(H,5,6);1H. The molecule has 1 heterocycles. The number of nitrogens with zero attached hydrogens (tertiary/aromatic N) is 1. The summed E-state index contributed by atoms with van der Waals surface area (Å²) in [5, 5.41) is -0.218. The fraction of sp³-hybridized carbons (Fsp3) is 0. The molecule has 0 radical (unpaired) electrons. The van der Waals surface area contributed by atoms with Crippen LogP contribution in [0.25, 0.3) is 0 Å². The highest BCUT2D eigenvalue weighted by atomic mass is 35.7. The van der Waals surface area contributed by atoms with Crippen molar-refractivity contribution in [2.45, 2.75) is 5.16 Å². The second-order valence-electron chi connectivity index (χ2n) is 1.33. The van der Waals surface area contributed by atoms with Gasteiger partial charge in [-0.05, 0) is 0 Å². The number of rotatable bonds is 1. The van der Waals surface area contributed by atoms with Crippen molar-refractivity contribution in [2.75, 3.05) is 0 Å². The maximum absolute atomic E-state index is 10.4. The van der Waals surface area contributed by atoms with Gasteiger partial charge in [-0.2, -0.15) is 0 Å². The molecule has 0 bridgehead atoms. The Bertz CT molecular complexity index is 279. The van der Waals surface area contributed by atoms with Gasteiger partial charge in [0.05, 0.1) is 0 Å². The Balaban J connectivity index is 0.000000810. The van der Waals surface area contributed by atoms with Gasteiger partial charge in [-0.25, -0.2) is 13.4 Å². The van der Waals surface area contributed by atoms with E-state index in [0.29, 0.717) is 0 Å². The molecule has 0 saturated carbocycles. The van der Waals surface area contributed by atoms with Crippen LogP contribution in [-0.2, 0) is 9.05 Å². The first-order chi connectivity index (χ1) is 4.11. The van der Waals surface area contributed by atoms with Crippen LogP contribution in [0.15, 0.2) is 17.6 Å². The van der Waals surface area contributed by atoms with Gasteiger partial charge in [0.25, 0.3) is 9.05 Å². The van der Waals surface area contributed by atoms with Gasteiger partial charge in [-0.1, -0.05) is 0 Å². The van der Waals surface area contributed by atoms with Crippen molar-refractivity contribution < 1.29 is 8.42 Å². The van der Waals surface area contributed by atoms with Gasteiger partial charge in [0, 0.05) is 23.1 Å². The van der Waals surface area contributed by atoms with Gasteiger partial charge in [-0.15, -0.1) is 12.4 Å². The minimum Gasteiger partial charge on any atom is -0.334 e. The molecule has 1 rings (SSSR count). The fourth-order valence-electron chi connectivity index (χ4n) is 0.384. The number of imidazole rings is 1. The number of halogens is 2. The first-order valence-electron chi connectivity index (χ1n) is 2.05. The van der Waals surface area contributed by atoms with Gasteiger partial charge in [0.1, 0.15) is 0 Å². The quantitative estimate of drug-likeness (QED) is 0.685. The van der Waals surface area contributed by atoms with Gasteiger partial charge < -0.3 is 4.98 Å². The maximum Gasteiger partial charge on any atom is 0.294 e. The number of H-pyrrole nitrogens is 1. The van der Waals surface area contributed by atoms with Crippen LogP contribution in [0.1, 0.15) is 0 Å². The lowest BCUT2D eigenvalue weighted by Crippen LogP contribution is -1.91. The lowest BCUT2D eigenvalue weighted by atomic mass is 11.0. The van der Waals surface area contributed by atoms with Crippen LogP contribution in [0, 0.1) is 0 Å². The molecule has 0 atom stereocenters. The molecule has 0 spiro atoms. The third-order valence-corrected chi connectivity index (χ3v) is 1.83. The molecule has 0 fully saturated rings. The molecule has 58 valence electrons. The van der Waals surface area contributed by atoms with E-state index in [0.717, 1.165) is 0 Å². The number of aromatic amines is 1. The fourth-order valence-corrected chi connectivity index (χ4v) is 1.03. The zero-order chi connectivity index (χ0) is 6.91. The Morgan fingerprint density at radius 2 is 2.20 bits per heavy atom. The van der Waals surface area contributed by atoms with E-state index >= 15 is 0 Å². The summed E-state index contributed by atoms with van der Waals surface area (Å²) in [6.45, 7) is 0. The zero-order valence-electron chi connectivity index (χ0n) is 4.61. The van der Waals surface area contributed by atoms with Crippen molar-refractivity contribution in [3.63, 3.8) is 0 Å². The van der Waals surface area contributed by atoms with E-state index in [-0.39, 0.29) is 17.6 Å². The molecule has 1 aromatic rings. The second kappa shape index (κ2) is 3.23. The number of aromatic nitrogens is 2. The van der Waals surface area contributed by atoms with Crippen molar-refractivity contribution in [3.8, 4) is 0 Å². The molecular weight excluding hydrogens is 199 g/mol. The molecule has 0 unspecified atom stereocenters. The van der Waals surface area contributed by atoms with E-state index in [4.69, 9.17) is 10.7 Å². The Kier molecular flexibility index (Phi) is 3.14. The second-order valence-corrected chi connectivity index (χ2v) is 3.81. The van der Waals surface area contributed by atoms with Gasteiger partial charge >= 0.3 is 0 Å². The summed E-state index contributed by atoms with van der Waals surface area (Å²) in [5.41, 5.74) is 0. The van der Waals surface area contributed by atoms with Crippen LogP contribution >= 0.6 is 23.1 Å². The van der Waals surface area contributed by atoms with Crippen LogP contribution in [0.4, 0.5) is 0 Å². The van der Waals surface area contributed by atoms with Gasteiger partial charge in [0.15, 0.2) is 0 Å². The Hall–Kier alpha value is -0.260. The van der Waals surface area contributed by atoms with E-state index in [2.05, 4.69) is 9.97 Å². The lowest BCUT2D eigenvalue weighted by molar-refractivity contribution is 0.603. The average molecular weight is 203 g/mol. The molecule has 0 saturated heterocycles. The monoisotopic (exact) mass is 202 g/mol. The number of hydrogen-bond donors (Lipinski definition) is 1. The van der Waals surface area contributed by atoms with Crippen LogP contribution in [0.2, 0.25) is 0 Å². The molecule has 4 nitrogen and oxygen atoms in total. The summed E-state index contributed by atoms with van der Waals surface area (Å²) < 4.78 is 20.7. The summed E-state index contributed by atoms with van der Waals surface area (Å²) in [5.74, 6) is 0. The third kappa shape index (κ3) is 2.17. The SMILES string of the molecule is Cl.O=S(=O)(Cl)c1ncc[nH]1. The first kappa shape index (κ1) is 9.74. The average Bonchev–Trinajstić information content (AvgIpc) is 2.08. The Labute approximate surface area is 68.4 Å². The van der Waals surface area contributed by atoms with Crippen LogP contribution in [0.5, 0.6) is 0 Å². The van der Waals surface area contributed by atoms with Crippen molar-refractivity contribution >= 4 is 32.1 Å². The third-order valence-electron chi connectivity index (χ3n) is 0.704. The molecule has 7 heteroatoms. The van der Waals surface area contributed by atoms with Crippen molar-refractivity contribution in [1.29, 1.82) is 0 Å². The van der Waals surface area contributed by atoms with Crippen molar-refractivity contribution in [3.05, 3.63) is 12.4 Å². The van der Waals surface area contributed by atoms with E-state index in [1.165, 1.54) is 12.4 Å². The minimum atomic E-state index is -3.65. The lowest BCUT2D eigenvalue weighted by Gasteiger charge is -1.83. The van der Waals surface area contributed by atoms with Crippen molar-refractivity contribution in [2.24, 2.45) is 0 Å². The van der Waals surface area contributed by atoms with Gasteiger partial charge in [0.2, 0.25) is 5.16 Å². The smallest absolute Gasteiger partial charge is 0.294 e. The number of hydrogen-bond acceptors (Lipinski definition) is 3. The molecule has 10 heavy (non-hydrogen) atoms. The summed E-state index contributed by atoms with van der Waals surface area (Å²) in [6.07, 6.45) is 2.70. The first-order valence-corrected chi connectivity index (χ1v) is 4.35. The minimum absolute atomic E-state index is 0. The zero-order valence-corrected chi connectivity index (χ0v) is 7.00. The molecule has 0 aliphatic heterocycles. The highest BCUT2D eigenvalue weighted by molar-refractivity contribution is 8.13. The molecular formula is C3H4Cl2N2O2S. The van der Waals surface area contributed by atoms with Gasteiger partial charge in [-0.3, -0.25) is 0 Å². The Morgan fingerprint density at radius 3 is 2.40 bits per heavy atom. The predicted molar refractivity (Wildman–Crippen MR) is 38.9 cm³/mol. The number of nitrogens with one attached hydrogen (secondary N) is 1. The van der Waals surface area contributed by atoms with Crippen LogP contribution in [0.3, 0.4) is 0 Å². The maximum atomic E-state index is 10.4. The van der Waals surface area contributed by atoms with Crippen LogP contribution < -0.4 is 0 Å². The summed E-state index contributed by atoms with van der Waals surface area (Å²) in [4.78, 5) is 5.76. The molecule has 0 aromatic carbocycles. The molecule has 1 N–H and O–H groups in total. The molecule has 0 aliphatic rings. The largest absolute Gasteiger partial charge is 0.334 e.